The van der Waals surface area contributed by atoms with E-state index in [1.54, 1.807) is 0 Å². The van der Waals surface area contributed by atoms with Crippen molar-refractivity contribution in [2.24, 2.45) is 0 Å². The molecule has 1 saturated heterocycles. The maximum atomic E-state index is 9.22. The van der Waals surface area contributed by atoms with Crippen LogP contribution in [0.5, 0.6) is 0 Å². The van der Waals surface area contributed by atoms with Gasteiger partial charge in [-0.05, 0) is 0 Å². The normalized spacial score (nSPS) is 29.7. The van der Waals surface area contributed by atoms with Gasteiger partial charge in [0.15, 0.2) is 0 Å². The molecule has 0 radical (unpaired) electrons. The zero-order valence-corrected chi connectivity index (χ0v) is 6.68. The molecule has 0 aliphatic carbocycles. The summed E-state index contributed by atoms with van der Waals surface area (Å²) in [6.45, 7) is 4.48. The number of nitrogens with one attached hydrogen (secondary N) is 2. The van der Waals surface area contributed by atoms with Gasteiger partial charge in [-0.2, -0.15) is 0 Å². The monoisotopic (exact) mass is 160 g/mol. The predicted molar refractivity (Wildman–Crippen MR) is 42.6 cm³/mol. The van der Waals surface area contributed by atoms with Gasteiger partial charge in [0.1, 0.15) is 0 Å². The second-order valence-corrected chi connectivity index (χ2v) is 2.68. The Morgan fingerprint density at radius 1 is 1.18 bits per heavy atom. The van der Waals surface area contributed by atoms with E-state index >= 15 is 0 Å². The maximum absolute atomic E-state index is 9.22. The largest absolute Gasteiger partial charge is 0.389 e. The first kappa shape index (κ1) is 8.93. The lowest BCUT2D eigenvalue weighted by molar-refractivity contribution is 0.0362. The fraction of sp³-hybridized carbons (Fsp3) is 1.00. The highest BCUT2D eigenvalue weighted by molar-refractivity contribution is 4.61. The zero-order valence-electron chi connectivity index (χ0n) is 6.68. The van der Waals surface area contributed by atoms with Gasteiger partial charge in [0, 0.05) is 26.2 Å². The molecule has 4 heteroatoms. The molecule has 0 aromatic carbocycles. The Morgan fingerprint density at radius 3 is 2.91 bits per heavy atom. The number of ether oxygens (including phenoxy) is 1. The quantitative estimate of drug-likeness (QED) is 0.406. The Hall–Kier alpha value is -0.160. The first-order valence-corrected chi connectivity index (χ1v) is 4.07. The highest BCUT2D eigenvalue weighted by atomic mass is 16.5. The number of β-amino-alcohol motifs (C(OH)–C–C–N with tert-alkyl or cyclic N) is 1. The molecule has 0 amide bonds. The van der Waals surface area contributed by atoms with E-state index in [2.05, 4.69) is 10.6 Å². The van der Waals surface area contributed by atoms with Crippen LogP contribution in [0.4, 0.5) is 0 Å². The van der Waals surface area contributed by atoms with Crippen molar-refractivity contribution in [3.63, 3.8) is 0 Å². The van der Waals surface area contributed by atoms with Crippen LogP contribution in [0.25, 0.3) is 0 Å². The van der Waals surface area contributed by atoms with Crippen molar-refractivity contribution < 1.29 is 9.84 Å². The van der Waals surface area contributed by atoms with Crippen LogP contribution in [0.2, 0.25) is 0 Å². The third-order valence-electron chi connectivity index (χ3n) is 1.59. The number of hydrogen-bond donors (Lipinski definition) is 3. The second-order valence-electron chi connectivity index (χ2n) is 2.68. The van der Waals surface area contributed by atoms with Crippen molar-refractivity contribution in [1.82, 2.24) is 10.6 Å². The summed E-state index contributed by atoms with van der Waals surface area (Å²) in [6, 6.07) is 0. The molecule has 1 rings (SSSR count). The van der Waals surface area contributed by atoms with E-state index in [0.717, 1.165) is 19.6 Å². The van der Waals surface area contributed by atoms with Gasteiger partial charge in [-0.3, -0.25) is 0 Å². The van der Waals surface area contributed by atoms with E-state index in [1.165, 1.54) is 0 Å². The Balaban J connectivity index is 2.12. The first-order chi connectivity index (χ1) is 5.39. The average Bonchev–Trinajstić information content (AvgIpc) is 2.03. The lowest BCUT2D eigenvalue weighted by Crippen LogP contribution is -2.38. The van der Waals surface area contributed by atoms with Crippen LogP contribution in [0.1, 0.15) is 0 Å². The minimum Gasteiger partial charge on any atom is -0.389 e. The molecule has 1 atom stereocenters. The summed E-state index contributed by atoms with van der Waals surface area (Å²) in [6.07, 6.45) is -0.354. The minimum absolute atomic E-state index is 0.354. The Labute approximate surface area is 66.9 Å². The molecule has 0 bridgehead atoms. The summed E-state index contributed by atoms with van der Waals surface area (Å²) in [5, 5.41) is 15.5. The van der Waals surface area contributed by atoms with Crippen LogP contribution in [-0.4, -0.2) is 50.6 Å². The third-order valence-corrected chi connectivity index (χ3v) is 1.59. The van der Waals surface area contributed by atoms with E-state index in [1.807, 2.05) is 0 Å². The number of hydrogen-bond acceptors (Lipinski definition) is 4. The molecule has 1 aliphatic rings. The van der Waals surface area contributed by atoms with Gasteiger partial charge in [0.25, 0.3) is 0 Å². The highest BCUT2D eigenvalue weighted by Gasteiger charge is 2.04. The lowest BCUT2D eigenvalue weighted by Gasteiger charge is -2.15. The molecular formula is C7H16N2O2. The minimum atomic E-state index is -0.354. The molecule has 0 spiro atoms. The molecule has 1 aliphatic heterocycles. The Morgan fingerprint density at radius 2 is 2.00 bits per heavy atom. The molecule has 3 N–H and O–H groups in total. The summed E-state index contributed by atoms with van der Waals surface area (Å²) < 4.78 is 5.17. The van der Waals surface area contributed by atoms with E-state index in [-0.39, 0.29) is 6.10 Å². The average molecular weight is 160 g/mol. The number of rotatable bonds is 0. The topological polar surface area (TPSA) is 53.5 Å². The van der Waals surface area contributed by atoms with Crippen LogP contribution < -0.4 is 10.6 Å². The third kappa shape index (κ3) is 4.31. The zero-order chi connectivity index (χ0) is 7.94. The molecule has 0 aromatic rings. The van der Waals surface area contributed by atoms with E-state index in [9.17, 15) is 5.11 Å². The molecular weight excluding hydrogens is 144 g/mol. The van der Waals surface area contributed by atoms with Crippen molar-refractivity contribution in [2.75, 3.05) is 39.4 Å². The van der Waals surface area contributed by atoms with Crippen molar-refractivity contribution in [3.8, 4) is 0 Å². The van der Waals surface area contributed by atoms with Gasteiger partial charge in [0.2, 0.25) is 0 Å². The van der Waals surface area contributed by atoms with Crippen molar-refractivity contribution in [2.45, 2.75) is 6.10 Å². The van der Waals surface area contributed by atoms with Crippen LogP contribution >= 0.6 is 0 Å². The first-order valence-electron chi connectivity index (χ1n) is 4.07. The van der Waals surface area contributed by atoms with E-state index < -0.39 is 0 Å². The van der Waals surface area contributed by atoms with Gasteiger partial charge in [0.05, 0.1) is 19.3 Å². The molecule has 1 fully saturated rings. The summed E-state index contributed by atoms with van der Waals surface area (Å²) in [5.74, 6) is 0. The molecule has 1 unspecified atom stereocenters. The molecule has 11 heavy (non-hydrogen) atoms. The van der Waals surface area contributed by atoms with Gasteiger partial charge >= 0.3 is 0 Å². The van der Waals surface area contributed by atoms with Crippen LogP contribution in [-0.2, 0) is 4.74 Å². The van der Waals surface area contributed by atoms with Crippen LogP contribution in [0, 0.1) is 0 Å². The van der Waals surface area contributed by atoms with Crippen molar-refractivity contribution >= 4 is 0 Å². The van der Waals surface area contributed by atoms with Gasteiger partial charge in [-0.15, -0.1) is 0 Å². The van der Waals surface area contributed by atoms with Crippen LogP contribution in [0.3, 0.4) is 0 Å². The Bertz CT molecular complexity index is 90.4. The van der Waals surface area contributed by atoms with Gasteiger partial charge < -0.3 is 20.5 Å². The maximum Gasteiger partial charge on any atom is 0.0897 e. The molecule has 0 aromatic heterocycles. The SMILES string of the molecule is OC1CNCCNCCOC1. The van der Waals surface area contributed by atoms with Gasteiger partial charge in [-0.1, -0.05) is 0 Å². The van der Waals surface area contributed by atoms with E-state index in [0.29, 0.717) is 19.8 Å². The molecule has 0 saturated carbocycles. The predicted octanol–water partition coefficient (Wildman–Crippen LogP) is -1.44. The fourth-order valence-electron chi connectivity index (χ4n) is 0.993. The summed E-state index contributed by atoms with van der Waals surface area (Å²) in [5.41, 5.74) is 0. The number of aliphatic hydroxyl groups is 1. The standard InChI is InChI=1S/C7H16N2O2/c10-7-5-9-2-1-8-3-4-11-6-7/h7-10H,1-6H2. The summed E-state index contributed by atoms with van der Waals surface area (Å²) in [7, 11) is 0. The van der Waals surface area contributed by atoms with Crippen molar-refractivity contribution in [3.05, 3.63) is 0 Å². The summed E-state index contributed by atoms with van der Waals surface area (Å²) in [4.78, 5) is 0. The fourth-order valence-corrected chi connectivity index (χ4v) is 0.993. The Kier molecular flexibility index (Phi) is 4.45. The molecule has 66 valence electrons. The molecule has 1 heterocycles. The smallest absolute Gasteiger partial charge is 0.0897 e. The summed E-state index contributed by atoms with van der Waals surface area (Å²) >= 11 is 0. The second kappa shape index (κ2) is 5.49. The van der Waals surface area contributed by atoms with Crippen LogP contribution in [0.15, 0.2) is 0 Å². The highest BCUT2D eigenvalue weighted by Crippen LogP contribution is 1.84. The lowest BCUT2D eigenvalue weighted by atomic mass is 10.3. The van der Waals surface area contributed by atoms with E-state index in [4.69, 9.17) is 4.74 Å². The van der Waals surface area contributed by atoms with Gasteiger partial charge in [-0.25, -0.2) is 0 Å². The van der Waals surface area contributed by atoms with Crippen molar-refractivity contribution in [1.29, 1.82) is 0 Å². The number of aliphatic hydroxyl groups excluding tert-OH is 1. The molecule has 4 nitrogen and oxygen atoms in total.